The van der Waals surface area contributed by atoms with E-state index in [1.165, 1.54) is 31.6 Å². The number of carbonyl (C=O) groups excluding carboxylic acids is 1. The Labute approximate surface area is 157 Å². The Bertz CT molecular complexity index is 1080. The number of nitriles is 1. The van der Waals surface area contributed by atoms with Crippen molar-refractivity contribution in [1.29, 1.82) is 5.26 Å². The largest absolute Gasteiger partial charge is 0.401 e. The smallest absolute Gasteiger partial charge is 0.368 e. The van der Waals surface area contributed by atoms with Crippen molar-refractivity contribution in [3.05, 3.63) is 48.0 Å². The first kappa shape index (κ1) is 19.3. The van der Waals surface area contributed by atoms with Gasteiger partial charge in [0.25, 0.3) is 0 Å². The van der Waals surface area contributed by atoms with Crippen molar-refractivity contribution in [3.63, 3.8) is 0 Å². The molecule has 10 heteroatoms. The van der Waals surface area contributed by atoms with Crippen molar-refractivity contribution >= 4 is 16.9 Å². The van der Waals surface area contributed by atoms with Crippen molar-refractivity contribution < 1.29 is 18.0 Å². The SMILES string of the molecule is C[C@@](NCC(F)(F)F)(C(N)=O)c1cncc(-c2c[nH]c3ncc(C#N)cc23)c1. The molecule has 0 aliphatic rings. The second-order valence-electron chi connectivity index (χ2n) is 6.35. The zero-order chi connectivity index (χ0) is 20.5. The topological polar surface area (TPSA) is 120 Å². The van der Waals surface area contributed by atoms with E-state index < -0.39 is 24.2 Å². The van der Waals surface area contributed by atoms with Crippen LogP contribution in [0.25, 0.3) is 22.2 Å². The van der Waals surface area contributed by atoms with Gasteiger partial charge in [-0.2, -0.15) is 18.4 Å². The molecule has 0 spiro atoms. The predicted molar refractivity (Wildman–Crippen MR) is 94.6 cm³/mol. The maximum atomic E-state index is 12.6. The number of aromatic amines is 1. The monoisotopic (exact) mass is 388 g/mol. The highest BCUT2D eigenvalue weighted by atomic mass is 19.4. The van der Waals surface area contributed by atoms with Crippen LogP contribution in [0.2, 0.25) is 0 Å². The second-order valence-corrected chi connectivity index (χ2v) is 6.35. The molecule has 0 saturated heterocycles. The molecule has 28 heavy (non-hydrogen) atoms. The summed E-state index contributed by atoms with van der Waals surface area (Å²) in [4.78, 5) is 23.1. The van der Waals surface area contributed by atoms with Gasteiger partial charge in [-0.1, -0.05) is 0 Å². The summed E-state index contributed by atoms with van der Waals surface area (Å²) in [5.74, 6) is -0.969. The average Bonchev–Trinajstić information content (AvgIpc) is 3.08. The first-order chi connectivity index (χ1) is 13.1. The van der Waals surface area contributed by atoms with Crippen LogP contribution in [0.1, 0.15) is 18.1 Å². The number of nitrogens with one attached hydrogen (secondary N) is 2. The average molecular weight is 388 g/mol. The van der Waals surface area contributed by atoms with Gasteiger partial charge in [-0.3, -0.25) is 15.1 Å². The molecule has 0 aliphatic carbocycles. The van der Waals surface area contributed by atoms with Gasteiger partial charge in [-0.25, -0.2) is 4.98 Å². The van der Waals surface area contributed by atoms with E-state index in [2.05, 4.69) is 20.3 Å². The van der Waals surface area contributed by atoms with Crippen LogP contribution in [0.15, 0.2) is 36.9 Å². The molecule has 0 fully saturated rings. The Morgan fingerprint density at radius 3 is 2.71 bits per heavy atom. The summed E-state index contributed by atoms with van der Waals surface area (Å²) >= 11 is 0. The number of rotatable bonds is 5. The van der Waals surface area contributed by atoms with Crippen LogP contribution < -0.4 is 11.1 Å². The molecule has 0 radical (unpaired) electrons. The summed E-state index contributed by atoms with van der Waals surface area (Å²) < 4.78 is 37.9. The van der Waals surface area contributed by atoms with Gasteiger partial charge in [0.15, 0.2) is 0 Å². The van der Waals surface area contributed by atoms with E-state index in [9.17, 15) is 18.0 Å². The number of fused-ring (bicyclic) bond motifs is 1. The number of primary amides is 1. The summed E-state index contributed by atoms with van der Waals surface area (Å²) in [6.45, 7) is -0.119. The number of hydrogen-bond acceptors (Lipinski definition) is 5. The van der Waals surface area contributed by atoms with E-state index >= 15 is 0 Å². The fourth-order valence-corrected chi connectivity index (χ4v) is 2.77. The van der Waals surface area contributed by atoms with Gasteiger partial charge in [-0.15, -0.1) is 0 Å². The van der Waals surface area contributed by atoms with Crippen LogP contribution in [0.4, 0.5) is 13.2 Å². The van der Waals surface area contributed by atoms with Gasteiger partial charge in [0, 0.05) is 46.9 Å². The Kier molecular flexibility index (Phi) is 4.79. The van der Waals surface area contributed by atoms with E-state index in [1.807, 2.05) is 6.07 Å². The molecule has 1 atom stereocenters. The van der Waals surface area contributed by atoms with E-state index in [1.54, 1.807) is 12.3 Å². The predicted octanol–water partition coefficient (Wildman–Crippen LogP) is 2.35. The van der Waals surface area contributed by atoms with Gasteiger partial charge in [0.05, 0.1) is 12.1 Å². The highest BCUT2D eigenvalue weighted by Crippen LogP contribution is 2.31. The lowest BCUT2D eigenvalue weighted by atomic mass is 9.90. The van der Waals surface area contributed by atoms with Gasteiger partial charge in [-0.05, 0) is 19.1 Å². The molecule has 144 valence electrons. The molecule has 3 aromatic rings. The van der Waals surface area contributed by atoms with Crippen LogP contribution in [-0.2, 0) is 10.3 Å². The van der Waals surface area contributed by atoms with Gasteiger partial charge in [0.1, 0.15) is 17.3 Å². The number of nitrogens with two attached hydrogens (primary N) is 1. The fourth-order valence-electron chi connectivity index (χ4n) is 2.77. The molecular formula is C18H15F3N6O. The van der Waals surface area contributed by atoms with Crippen LogP contribution in [0, 0.1) is 11.3 Å². The molecule has 0 bridgehead atoms. The second kappa shape index (κ2) is 6.94. The molecule has 4 N–H and O–H groups in total. The molecule has 3 heterocycles. The van der Waals surface area contributed by atoms with Gasteiger partial charge < -0.3 is 10.7 Å². The van der Waals surface area contributed by atoms with Crippen LogP contribution in [0.3, 0.4) is 0 Å². The van der Waals surface area contributed by atoms with Crippen LogP contribution >= 0.6 is 0 Å². The van der Waals surface area contributed by atoms with Crippen LogP contribution in [-0.4, -0.2) is 33.6 Å². The Morgan fingerprint density at radius 1 is 1.32 bits per heavy atom. The molecule has 1 amide bonds. The van der Waals surface area contributed by atoms with Gasteiger partial charge >= 0.3 is 6.18 Å². The number of pyridine rings is 2. The summed E-state index contributed by atoms with van der Waals surface area (Å²) in [5, 5.41) is 11.9. The molecule has 7 nitrogen and oxygen atoms in total. The minimum atomic E-state index is -4.52. The molecule has 0 aliphatic heterocycles. The Morgan fingerprint density at radius 2 is 2.07 bits per heavy atom. The number of carbonyl (C=O) groups is 1. The third-order valence-corrected chi connectivity index (χ3v) is 4.42. The van der Waals surface area contributed by atoms with E-state index in [-0.39, 0.29) is 5.56 Å². The van der Waals surface area contributed by atoms with Gasteiger partial charge in [0.2, 0.25) is 5.91 Å². The standard InChI is InChI=1S/C18H15F3N6O/c1-17(16(23)28,27-9-18(19,20)21)12-3-11(6-24-7-12)14-8-26-15-13(14)2-10(4-22)5-25-15/h2-3,5-8,27H,9H2,1H3,(H2,23,28)(H,25,26)/t17-/m0/s1. The number of halogens is 3. The zero-order valence-electron chi connectivity index (χ0n) is 14.6. The lowest BCUT2D eigenvalue weighted by Crippen LogP contribution is -2.53. The first-order valence-corrected chi connectivity index (χ1v) is 8.09. The van der Waals surface area contributed by atoms with Crippen molar-refractivity contribution in [2.24, 2.45) is 5.73 Å². The number of alkyl halides is 3. The van der Waals surface area contributed by atoms with Crippen molar-refractivity contribution in [2.45, 2.75) is 18.6 Å². The minimum Gasteiger partial charge on any atom is -0.368 e. The summed E-state index contributed by atoms with van der Waals surface area (Å²) in [5.41, 5.74) is 5.84. The number of hydrogen-bond donors (Lipinski definition) is 3. The third kappa shape index (κ3) is 3.65. The highest BCUT2D eigenvalue weighted by Gasteiger charge is 2.38. The maximum Gasteiger partial charge on any atom is 0.401 e. The van der Waals surface area contributed by atoms with Crippen molar-refractivity contribution in [3.8, 4) is 17.2 Å². The molecule has 3 aromatic heterocycles. The Hall–Kier alpha value is -3.45. The van der Waals surface area contributed by atoms with E-state index in [0.29, 0.717) is 27.7 Å². The molecule has 0 saturated carbocycles. The summed E-state index contributed by atoms with van der Waals surface area (Å²) in [7, 11) is 0. The molecular weight excluding hydrogens is 373 g/mol. The lowest BCUT2D eigenvalue weighted by molar-refractivity contribution is -0.135. The molecule has 0 unspecified atom stereocenters. The number of aromatic nitrogens is 3. The normalized spacial score (nSPS) is 13.8. The Balaban J connectivity index is 2.06. The first-order valence-electron chi connectivity index (χ1n) is 8.09. The van der Waals surface area contributed by atoms with Crippen molar-refractivity contribution in [2.75, 3.05) is 6.54 Å². The quantitative estimate of drug-likeness (QED) is 0.620. The number of nitrogens with zero attached hydrogens (tertiary/aromatic N) is 3. The summed E-state index contributed by atoms with van der Waals surface area (Å²) in [6.07, 6.45) is 1.33. The highest BCUT2D eigenvalue weighted by molar-refractivity contribution is 5.94. The van der Waals surface area contributed by atoms with E-state index in [4.69, 9.17) is 11.0 Å². The lowest BCUT2D eigenvalue weighted by Gasteiger charge is -2.28. The van der Waals surface area contributed by atoms with Crippen LogP contribution in [0.5, 0.6) is 0 Å². The molecule has 0 aromatic carbocycles. The molecule has 3 rings (SSSR count). The van der Waals surface area contributed by atoms with E-state index in [0.717, 1.165) is 0 Å². The minimum absolute atomic E-state index is 0.181. The number of amides is 1. The maximum absolute atomic E-state index is 12.6. The third-order valence-electron chi connectivity index (χ3n) is 4.42. The number of H-pyrrole nitrogens is 1. The zero-order valence-corrected chi connectivity index (χ0v) is 14.6. The fraction of sp³-hybridized carbons (Fsp3) is 0.222. The van der Waals surface area contributed by atoms with Crippen molar-refractivity contribution in [1.82, 2.24) is 20.3 Å². The summed E-state index contributed by atoms with van der Waals surface area (Å²) in [6, 6.07) is 5.16.